The monoisotopic (exact) mass is 544 g/mol. The van der Waals surface area contributed by atoms with Crippen LogP contribution in [0, 0.1) is 0 Å². The van der Waals surface area contributed by atoms with Crippen molar-refractivity contribution in [2.45, 2.75) is 4.90 Å². The van der Waals surface area contributed by atoms with E-state index in [-0.39, 0.29) is 41.9 Å². The average molecular weight is 545 g/mol. The van der Waals surface area contributed by atoms with Crippen LogP contribution >= 0.6 is 34.5 Å². The summed E-state index contributed by atoms with van der Waals surface area (Å²) >= 11 is 13.3. The fraction of sp³-hybridized carbons (Fsp3) is 0.286. The number of halogens is 2. The molecule has 3 rings (SSSR count). The van der Waals surface area contributed by atoms with Crippen LogP contribution in [0.1, 0.15) is 10.4 Å². The number of benzene rings is 2. The molecule has 0 radical (unpaired) electrons. The van der Waals surface area contributed by atoms with Gasteiger partial charge in [-0.2, -0.15) is 4.31 Å². The molecule has 0 aliphatic rings. The second-order valence-electron chi connectivity index (χ2n) is 6.90. The van der Waals surface area contributed by atoms with Gasteiger partial charge in [0.2, 0.25) is 15.2 Å². The highest BCUT2D eigenvalue weighted by Crippen LogP contribution is 2.33. The molecule has 3 aromatic rings. The molecule has 9 nitrogen and oxygen atoms in total. The second-order valence-corrected chi connectivity index (χ2v) is 10.7. The number of nitrogens with one attached hydrogen (secondary N) is 1. The third kappa shape index (κ3) is 6.51. The lowest BCUT2D eigenvalue weighted by Crippen LogP contribution is -2.36. The number of hydrogen-bond donors (Lipinski definition) is 1. The molecule has 0 atom stereocenters. The Kier molecular flexibility index (Phi) is 9.37. The number of nitrogens with zero attached hydrogens (tertiary/aromatic N) is 3. The third-order valence-corrected chi connectivity index (χ3v) is 7.98. The van der Waals surface area contributed by atoms with Crippen LogP contribution in [0.15, 0.2) is 47.4 Å². The molecule has 0 bridgehead atoms. The van der Waals surface area contributed by atoms with Gasteiger partial charge in [-0.25, -0.2) is 8.42 Å². The zero-order valence-corrected chi connectivity index (χ0v) is 21.5. The fourth-order valence-corrected chi connectivity index (χ4v) is 5.62. The maximum atomic E-state index is 13.0. The van der Waals surface area contributed by atoms with Gasteiger partial charge in [-0.15, -0.1) is 10.2 Å². The summed E-state index contributed by atoms with van der Waals surface area (Å²) in [7, 11) is -0.783. The second kappa shape index (κ2) is 12.0. The lowest BCUT2D eigenvalue weighted by molar-refractivity contribution is 0.102. The first kappa shape index (κ1) is 26.5. The van der Waals surface area contributed by atoms with Gasteiger partial charge < -0.3 is 9.47 Å². The number of methoxy groups -OCH3 is 2. The van der Waals surface area contributed by atoms with E-state index in [1.54, 1.807) is 18.2 Å². The summed E-state index contributed by atoms with van der Waals surface area (Å²) in [5, 5.41) is 12.4. The molecule has 34 heavy (non-hydrogen) atoms. The van der Waals surface area contributed by atoms with E-state index in [1.165, 1.54) is 42.8 Å². The van der Waals surface area contributed by atoms with Crippen LogP contribution in [-0.2, 0) is 19.5 Å². The number of hydrogen-bond acceptors (Lipinski definition) is 8. The number of carbonyl (C=O) groups is 1. The molecule has 182 valence electrons. The minimum atomic E-state index is -3.78. The van der Waals surface area contributed by atoms with Gasteiger partial charge >= 0.3 is 0 Å². The summed E-state index contributed by atoms with van der Waals surface area (Å²) in [4.78, 5) is 12.7. The van der Waals surface area contributed by atoms with E-state index in [0.29, 0.717) is 20.6 Å². The summed E-state index contributed by atoms with van der Waals surface area (Å²) in [5.74, 6) is -0.454. The van der Waals surface area contributed by atoms with Crippen molar-refractivity contribution < 1.29 is 22.7 Å². The van der Waals surface area contributed by atoms with E-state index >= 15 is 0 Å². The van der Waals surface area contributed by atoms with E-state index in [2.05, 4.69) is 15.5 Å². The highest BCUT2D eigenvalue weighted by atomic mass is 35.5. The molecular formula is C21H22Cl2N4O5S2. The minimum Gasteiger partial charge on any atom is -0.383 e. The average Bonchev–Trinajstić information content (AvgIpc) is 3.27. The largest absolute Gasteiger partial charge is 0.383 e. The van der Waals surface area contributed by atoms with Crippen LogP contribution in [0.25, 0.3) is 10.6 Å². The van der Waals surface area contributed by atoms with Gasteiger partial charge in [-0.3, -0.25) is 10.1 Å². The molecule has 1 aromatic heterocycles. The van der Waals surface area contributed by atoms with Gasteiger partial charge in [0, 0.05) is 43.5 Å². The lowest BCUT2D eigenvalue weighted by Gasteiger charge is -2.21. The maximum absolute atomic E-state index is 13.0. The van der Waals surface area contributed by atoms with Gasteiger partial charge in [0.15, 0.2) is 5.01 Å². The van der Waals surface area contributed by atoms with Crippen molar-refractivity contribution >= 4 is 55.6 Å². The molecule has 2 aromatic carbocycles. The molecule has 0 aliphatic heterocycles. The highest BCUT2D eigenvalue weighted by Gasteiger charge is 2.24. The molecule has 1 amide bonds. The standard InChI is InChI=1S/C21H22Cl2N4O5S2/c1-31-11-9-27(10-12-32-2)34(29,30)16-6-3-14(4-7-16)19(28)24-21-26-25-20(33-21)17-8-5-15(22)13-18(17)23/h3-8,13H,9-12H2,1-2H3,(H,24,26,28). The van der Waals surface area contributed by atoms with E-state index in [9.17, 15) is 13.2 Å². The summed E-state index contributed by atoms with van der Waals surface area (Å²) in [6.07, 6.45) is 0. The SMILES string of the molecule is COCCN(CCOC)S(=O)(=O)c1ccc(C(=O)Nc2nnc(-c3ccc(Cl)cc3Cl)s2)cc1. The van der Waals surface area contributed by atoms with Crippen LogP contribution in [0.5, 0.6) is 0 Å². The summed E-state index contributed by atoms with van der Waals surface area (Å²) in [6, 6.07) is 10.6. The number of aromatic nitrogens is 2. The zero-order valence-electron chi connectivity index (χ0n) is 18.3. The molecule has 0 saturated heterocycles. The first-order valence-electron chi connectivity index (χ1n) is 9.94. The number of sulfonamides is 1. The first-order valence-corrected chi connectivity index (χ1v) is 13.0. The molecule has 0 fully saturated rings. The van der Waals surface area contributed by atoms with Crippen LogP contribution in [0.4, 0.5) is 5.13 Å². The Labute approximate surface area is 211 Å². The number of amides is 1. The topological polar surface area (TPSA) is 111 Å². The normalized spacial score (nSPS) is 11.7. The maximum Gasteiger partial charge on any atom is 0.257 e. The minimum absolute atomic E-state index is 0.0619. The summed E-state index contributed by atoms with van der Waals surface area (Å²) in [5.41, 5.74) is 0.908. The zero-order chi connectivity index (χ0) is 24.7. The Balaban J connectivity index is 1.72. The summed E-state index contributed by atoms with van der Waals surface area (Å²) in [6.45, 7) is 0.853. The number of rotatable bonds is 11. The lowest BCUT2D eigenvalue weighted by atomic mass is 10.2. The van der Waals surface area contributed by atoms with Crippen LogP contribution in [0.3, 0.4) is 0 Å². The Morgan fingerprint density at radius 2 is 1.68 bits per heavy atom. The quantitative estimate of drug-likeness (QED) is 0.387. The van der Waals surface area contributed by atoms with Gasteiger partial charge in [0.1, 0.15) is 0 Å². The van der Waals surface area contributed by atoms with Crippen LogP contribution < -0.4 is 5.32 Å². The van der Waals surface area contributed by atoms with Crippen LogP contribution in [-0.4, -0.2) is 69.4 Å². The Morgan fingerprint density at radius 3 is 2.26 bits per heavy atom. The highest BCUT2D eigenvalue weighted by molar-refractivity contribution is 7.89. The molecule has 1 N–H and O–H groups in total. The Hall–Kier alpha value is -2.12. The Bertz CT molecular complexity index is 1230. The van der Waals surface area contributed by atoms with E-state index in [0.717, 1.165) is 11.3 Å². The predicted octanol–water partition coefficient (Wildman–Crippen LogP) is 4.05. The molecular weight excluding hydrogens is 523 g/mol. The van der Waals surface area contributed by atoms with Crippen molar-refractivity contribution in [2.75, 3.05) is 45.8 Å². The van der Waals surface area contributed by atoms with E-state index in [4.69, 9.17) is 32.7 Å². The number of ether oxygens (including phenoxy) is 2. The third-order valence-electron chi connectivity index (χ3n) is 4.65. The Morgan fingerprint density at radius 1 is 1.03 bits per heavy atom. The van der Waals surface area contributed by atoms with Gasteiger partial charge in [-0.1, -0.05) is 34.5 Å². The number of carbonyl (C=O) groups excluding carboxylic acids is 1. The molecule has 0 spiro atoms. The van der Waals surface area contributed by atoms with Crippen molar-refractivity contribution in [2.24, 2.45) is 0 Å². The van der Waals surface area contributed by atoms with Crippen molar-refractivity contribution in [3.63, 3.8) is 0 Å². The molecule has 13 heteroatoms. The predicted molar refractivity (Wildman–Crippen MR) is 132 cm³/mol. The smallest absolute Gasteiger partial charge is 0.257 e. The van der Waals surface area contributed by atoms with Crippen molar-refractivity contribution in [1.29, 1.82) is 0 Å². The van der Waals surface area contributed by atoms with Crippen molar-refractivity contribution in [3.05, 3.63) is 58.1 Å². The van der Waals surface area contributed by atoms with Crippen molar-refractivity contribution in [1.82, 2.24) is 14.5 Å². The summed E-state index contributed by atoms with van der Waals surface area (Å²) < 4.78 is 37.3. The molecule has 0 aliphatic carbocycles. The van der Waals surface area contributed by atoms with Crippen molar-refractivity contribution in [3.8, 4) is 10.6 Å². The first-order chi connectivity index (χ1) is 16.3. The van der Waals surface area contributed by atoms with Gasteiger partial charge in [-0.05, 0) is 42.5 Å². The van der Waals surface area contributed by atoms with Gasteiger partial charge in [0.25, 0.3) is 5.91 Å². The molecule has 1 heterocycles. The fourth-order valence-electron chi connectivity index (χ4n) is 2.88. The molecule has 0 saturated carbocycles. The number of anilines is 1. The van der Waals surface area contributed by atoms with E-state index in [1.807, 2.05) is 0 Å². The van der Waals surface area contributed by atoms with Gasteiger partial charge in [0.05, 0.1) is 23.1 Å². The van der Waals surface area contributed by atoms with E-state index < -0.39 is 15.9 Å². The van der Waals surface area contributed by atoms with Crippen LogP contribution in [0.2, 0.25) is 10.0 Å². The molecule has 0 unspecified atom stereocenters.